The lowest BCUT2D eigenvalue weighted by Crippen LogP contribution is -2.39. The zero-order chi connectivity index (χ0) is 19.2. The summed E-state index contributed by atoms with van der Waals surface area (Å²) in [5, 5.41) is 9.08. The van der Waals surface area contributed by atoms with Crippen molar-refractivity contribution in [3.05, 3.63) is 23.8 Å². The van der Waals surface area contributed by atoms with E-state index in [1.165, 1.54) is 0 Å². The van der Waals surface area contributed by atoms with Crippen molar-refractivity contribution in [2.45, 2.75) is 13.3 Å². The first kappa shape index (κ1) is 25.2. The standard InChI is InChI=1S/C18H30N4O4.HI/c1-5-19-18(22-13-17(23)20-10-11-24-2)21-9-8-14-6-7-15(25-3)16(12-14)26-4;/h6-7,12H,5,8-11,13H2,1-4H3,(H,20,23)(H2,19,21,22);1H. The molecule has 0 aromatic heterocycles. The zero-order valence-electron chi connectivity index (χ0n) is 16.5. The maximum absolute atomic E-state index is 11.7. The zero-order valence-corrected chi connectivity index (χ0v) is 18.8. The lowest BCUT2D eigenvalue weighted by Gasteiger charge is -2.12. The number of guanidine groups is 1. The van der Waals surface area contributed by atoms with Crippen LogP contribution in [0.4, 0.5) is 0 Å². The Hall–Kier alpha value is -1.75. The Kier molecular flexibility index (Phi) is 14.3. The highest BCUT2D eigenvalue weighted by atomic mass is 127. The van der Waals surface area contributed by atoms with E-state index in [1.807, 2.05) is 25.1 Å². The van der Waals surface area contributed by atoms with E-state index in [-0.39, 0.29) is 36.4 Å². The Morgan fingerprint density at radius 2 is 1.78 bits per heavy atom. The number of amides is 1. The Bertz CT molecular complexity index is 584. The number of nitrogens with one attached hydrogen (secondary N) is 3. The van der Waals surface area contributed by atoms with Crippen LogP contribution in [0.1, 0.15) is 12.5 Å². The summed E-state index contributed by atoms with van der Waals surface area (Å²) in [5.41, 5.74) is 1.11. The first-order valence-corrected chi connectivity index (χ1v) is 8.63. The van der Waals surface area contributed by atoms with E-state index in [0.717, 1.165) is 12.0 Å². The largest absolute Gasteiger partial charge is 0.493 e. The number of methoxy groups -OCH3 is 3. The summed E-state index contributed by atoms with van der Waals surface area (Å²) in [4.78, 5) is 16.0. The van der Waals surface area contributed by atoms with Crippen molar-refractivity contribution in [1.82, 2.24) is 16.0 Å². The number of carbonyl (C=O) groups is 1. The van der Waals surface area contributed by atoms with Gasteiger partial charge in [-0.25, -0.2) is 4.99 Å². The van der Waals surface area contributed by atoms with Crippen molar-refractivity contribution < 1.29 is 19.0 Å². The molecule has 0 fully saturated rings. The number of hydrogen-bond donors (Lipinski definition) is 3. The molecular weight excluding hydrogens is 463 g/mol. The molecule has 0 aliphatic carbocycles. The van der Waals surface area contributed by atoms with E-state index in [0.29, 0.717) is 43.7 Å². The molecule has 154 valence electrons. The summed E-state index contributed by atoms with van der Waals surface area (Å²) < 4.78 is 15.4. The van der Waals surface area contributed by atoms with Crippen LogP contribution in [0, 0.1) is 0 Å². The molecule has 0 unspecified atom stereocenters. The topological polar surface area (TPSA) is 93.2 Å². The van der Waals surface area contributed by atoms with Crippen molar-refractivity contribution in [2.75, 3.05) is 54.1 Å². The fourth-order valence-corrected chi connectivity index (χ4v) is 2.20. The number of hydrogen-bond acceptors (Lipinski definition) is 5. The Morgan fingerprint density at radius 1 is 1.04 bits per heavy atom. The highest BCUT2D eigenvalue weighted by molar-refractivity contribution is 14.0. The van der Waals surface area contributed by atoms with Crippen molar-refractivity contribution in [3.8, 4) is 11.5 Å². The van der Waals surface area contributed by atoms with Gasteiger partial charge in [0.2, 0.25) is 5.91 Å². The molecule has 27 heavy (non-hydrogen) atoms. The molecule has 1 aromatic carbocycles. The first-order chi connectivity index (χ1) is 12.6. The average Bonchev–Trinajstić information content (AvgIpc) is 2.66. The molecular formula is C18H31IN4O4. The van der Waals surface area contributed by atoms with E-state index in [1.54, 1.807) is 21.3 Å². The lowest BCUT2D eigenvalue weighted by atomic mass is 10.1. The number of aliphatic imine (C=N–C) groups is 1. The van der Waals surface area contributed by atoms with Gasteiger partial charge in [0, 0.05) is 26.7 Å². The van der Waals surface area contributed by atoms with Crippen molar-refractivity contribution >= 4 is 35.8 Å². The molecule has 9 heteroatoms. The molecule has 1 aromatic rings. The summed E-state index contributed by atoms with van der Waals surface area (Å²) in [7, 11) is 4.83. The number of ether oxygens (including phenoxy) is 3. The van der Waals surface area contributed by atoms with Gasteiger partial charge in [-0.3, -0.25) is 4.79 Å². The number of halogens is 1. The fraction of sp³-hybridized carbons (Fsp3) is 0.556. The van der Waals surface area contributed by atoms with Gasteiger partial charge in [0.1, 0.15) is 6.54 Å². The van der Waals surface area contributed by atoms with Crippen LogP contribution >= 0.6 is 24.0 Å². The fourth-order valence-electron chi connectivity index (χ4n) is 2.20. The van der Waals surface area contributed by atoms with E-state index in [9.17, 15) is 4.79 Å². The predicted octanol–water partition coefficient (Wildman–Crippen LogP) is 1.18. The molecule has 1 rings (SSSR count). The molecule has 0 saturated heterocycles. The van der Waals surface area contributed by atoms with Gasteiger partial charge in [-0.2, -0.15) is 0 Å². The molecule has 0 radical (unpaired) electrons. The second-order valence-corrected chi connectivity index (χ2v) is 5.40. The molecule has 0 aliphatic heterocycles. The van der Waals surface area contributed by atoms with Gasteiger partial charge < -0.3 is 30.2 Å². The minimum absolute atomic E-state index is 0. The van der Waals surface area contributed by atoms with Gasteiger partial charge in [0.15, 0.2) is 17.5 Å². The molecule has 1 amide bonds. The third-order valence-electron chi connectivity index (χ3n) is 3.51. The van der Waals surface area contributed by atoms with Crippen molar-refractivity contribution in [3.63, 3.8) is 0 Å². The maximum atomic E-state index is 11.7. The predicted molar refractivity (Wildman–Crippen MR) is 118 cm³/mol. The smallest absolute Gasteiger partial charge is 0.241 e. The van der Waals surface area contributed by atoms with Gasteiger partial charge in [0.05, 0.1) is 20.8 Å². The van der Waals surface area contributed by atoms with Gasteiger partial charge in [-0.1, -0.05) is 6.07 Å². The molecule has 0 atom stereocenters. The van der Waals surface area contributed by atoms with Crippen LogP contribution in [0.3, 0.4) is 0 Å². The normalized spacial score (nSPS) is 10.6. The van der Waals surface area contributed by atoms with Crippen molar-refractivity contribution in [1.29, 1.82) is 0 Å². The molecule has 8 nitrogen and oxygen atoms in total. The minimum Gasteiger partial charge on any atom is -0.493 e. The van der Waals surface area contributed by atoms with Crippen molar-refractivity contribution in [2.24, 2.45) is 4.99 Å². The van der Waals surface area contributed by atoms with Crippen LogP contribution in [0.25, 0.3) is 0 Å². The molecule has 0 spiro atoms. The third-order valence-corrected chi connectivity index (χ3v) is 3.51. The van der Waals surface area contributed by atoms with E-state index < -0.39 is 0 Å². The number of carbonyl (C=O) groups excluding carboxylic acids is 1. The van der Waals surface area contributed by atoms with Gasteiger partial charge in [-0.05, 0) is 31.0 Å². The Labute approximate surface area is 178 Å². The molecule has 0 heterocycles. The summed E-state index contributed by atoms with van der Waals surface area (Å²) in [6.07, 6.45) is 0.783. The summed E-state index contributed by atoms with van der Waals surface area (Å²) in [5.74, 6) is 1.88. The van der Waals surface area contributed by atoms with Gasteiger partial charge in [-0.15, -0.1) is 24.0 Å². The van der Waals surface area contributed by atoms with Crippen LogP contribution in [-0.2, 0) is 16.0 Å². The second-order valence-electron chi connectivity index (χ2n) is 5.40. The number of rotatable bonds is 11. The van der Waals surface area contributed by atoms with Crippen LogP contribution < -0.4 is 25.4 Å². The lowest BCUT2D eigenvalue weighted by molar-refractivity contribution is -0.119. The van der Waals surface area contributed by atoms with Gasteiger partial charge in [0.25, 0.3) is 0 Å². The summed E-state index contributed by atoms with van der Waals surface area (Å²) in [6, 6.07) is 5.84. The summed E-state index contributed by atoms with van der Waals surface area (Å²) >= 11 is 0. The third kappa shape index (κ3) is 10.2. The minimum atomic E-state index is -0.140. The highest BCUT2D eigenvalue weighted by Crippen LogP contribution is 2.27. The van der Waals surface area contributed by atoms with E-state index >= 15 is 0 Å². The molecule has 3 N–H and O–H groups in total. The SMILES string of the molecule is CCNC(=NCC(=O)NCCOC)NCCc1ccc(OC)c(OC)c1.I. The Morgan fingerprint density at radius 3 is 2.41 bits per heavy atom. The van der Waals surface area contributed by atoms with Crippen LogP contribution in [0.5, 0.6) is 11.5 Å². The van der Waals surface area contributed by atoms with E-state index in [2.05, 4.69) is 20.9 Å². The Balaban J connectivity index is 0.00000676. The van der Waals surface area contributed by atoms with Gasteiger partial charge >= 0.3 is 0 Å². The maximum Gasteiger partial charge on any atom is 0.241 e. The highest BCUT2D eigenvalue weighted by Gasteiger charge is 2.05. The van der Waals surface area contributed by atoms with Crippen LogP contribution in [0.15, 0.2) is 23.2 Å². The van der Waals surface area contributed by atoms with E-state index in [4.69, 9.17) is 14.2 Å². The molecule has 0 aliphatic rings. The number of benzene rings is 1. The molecule has 0 bridgehead atoms. The number of nitrogens with zero attached hydrogens (tertiary/aromatic N) is 1. The quantitative estimate of drug-likeness (QED) is 0.185. The first-order valence-electron chi connectivity index (χ1n) is 8.63. The average molecular weight is 494 g/mol. The van der Waals surface area contributed by atoms with Crippen LogP contribution in [0.2, 0.25) is 0 Å². The van der Waals surface area contributed by atoms with Crippen LogP contribution in [-0.4, -0.2) is 66.0 Å². The second kappa shape index (κ2) is 15.3. The molecule has 0 saturated carbocycles. The summed E-state index contributed by atoms with van der Waals surface area (Å²) in [6.45, 7) is 4.40. The monoisotopic (exact) mass is 494 g/mol.